The number of thioether (sulfide) groups is 1. The second-order valence-corrected chi connectivity index (χ2v) is 6.49. The Balaban J connectivity index is 2.47. The maximum atomic E-state index is 10.8. The SMILES string of the molecule is CC(C)O[C@@H](C)c1nnc(SCC(=O)O)n1-c1ccccc1Cl. The van der Waals surface area contributed by atoms with Gasteiger partial charge in [0.25, 0.3) is 0 Å². The molecule has 1 N–H and O–H groups in total. The molecule has 1 heterocycles. The zero-order chi connectivity index (χ0) is 17.0. The molecule has 23 heavy (non-hydrogen) atoms. The molecular weight excluding hydrogens is 338 g/mol. The first-order valence-electron chi connectivity index (χ1n) is 7.10. The summed E-state index contributed by atoms with van der Waals surface area (Å²) in [6.45, 7) is 5.75. The van der Waals surface area contributed by atoms with Crippen molar-refractivity contribution in [2.75, 3.05) is 5.75 Å². The molecule has 0 aliphatic rings. The third-order valence-corrected chi connectivity index (χ3v) is 4.15. The number of aliphatic carboxylic acids is 1. The molecule has 0 bridgehead atoms. The van der Waals surface area contributed by atoms with E-state index in [-0.39, 0.29) is 18.0 Å². The van der Waals surface area contributed by atoms with Crippen LogP contribution in [0, 0.1) is 0 Å². The van der Waals surface area contributed by atoms with E-state index in [9.17, 15) is 4.79 Å². The van der Waals surface area contributed by atoms with Crippen molar-refractivity contribution in [3.63, 3.8) is 0 Å². The Morgan fingerprint density at radius 3 is 2.65 bits per heavy atom. The Labute approximate surface area is 143 Å². The van der Waals surface area contributed by atoms with E-state index in [2.05, 4.69) is 10.2 Å². The van der Waals surface area contributed by atoms with Crippen LogP contribution in [0.3, 0.4) is 0 Å². The number of nitrogens with zero attached hydrogens (tertiary/aromatic N) is 3. The Hall–Kier alpha value is -1.57. The smallest absolute Gasteiger partial charge is 0.313 e. The van der Waals surface area contributed by atoms with Gasteiger partial charge in [-0.2, -0.15) is 0 Å². The van der Waals surface area contributed by atoms with Crippen molar-refractivity contribution in [3.8, 4) is 5.69 Å². The van der Waals surface area contributed by atoms with Crippen molar-refractivity contribution in [1.29, 1.82) is 0 Å². The molecule has 1 aromatic carbocycles. The first-order valence-corrected chi connectivity index (χ1v) is 8.46. The van der Waals surface area contributed by atoms with Gasteiger partial charge in [-0.15, -0.1) is 10.2 Å². The summed E-state index contributed by atoms with van der Waals surface area (Å²) in [4.78, 5) is 10.8. The van der Waals surface area contributed by atoms with Gasteiger partial charge in [0.2, 0.25) is 0 Å². The number of aromatic nitrogens is 3. The molecule has 0 saturated carbocycles. The monoisotopic (exact) mass is 355 g/mol. The third kappa shape index (κ3) is 4.46. The topological polar surface area (TPSA) is 77.2 Å². The first kappa shape index (κ1) is 17.8. The van der Waals surface area contributed by atoms with Gasteiger partial charge in [-0.1, -0.05) is 35.5 Å². The molecule has 0 amide bonds. The average Bonchev–Trinajstić information content (AvgIpc) is 2.88. The Morgan fingerprint density at radius 2 is 2.04 bits per heavy atom. The Kier molecular flexibility index (Phi) is 6.04. The molecule has 0 spiro atoms. The molecule has 0 unspecified atom stereocenters. The zero-order valence-corrected chi connectivity index (χ0v) is 14.6. The van der Waals surface area contributed by atoms with E-state index in [0.717, 1.165) is 11.8 Å². The lowest BCUT2D eigenvalue weighted by Gasteiger charge is -2.18. The van der Waals surface area contributed by atoms with E-state index in [1.54, 1.807) is 10.6 Å². The molecule has 6 nitrogen and oxygen atoms in total. The van der Waals surface area contributed by atoms with Crippen LogP contribution in [0.25, 0.3) is 5.69 Å². The van der Waals surface area contributed by atoms with Crippen molar-refractivity contribution in [1.82, 2.24) is 14.8 Å². The van der Waals surface area contributed by atoms with E-state index in [4.69, 9.17) is 21.4 Å². The summed E-state index contributed by atoms with van der Waals surface area (Å²) in [6.07, 6.45) is -0.283. The van der Waals surface area contributed by atoms with Gasteiger partial charge in [0, 0.05) is 0 Å². The normalized spacial score (nSPS) is 12.6. The summed E-state index contributed by atoms with van der Waals surface area (Å²) >= 11 is 7.38. The minimum Gasteiger partial charge on any atom is -0.481 e. The van der Waals surface area contributed by atoms with Crippen molar-refractivity contribution in [2.45, 2.75) is 38.1 Å². The fourth-order valence-corrected chi connectivity index (χ4v) is 2.99. The molecule has 124 valence electrons. The minimum absolute atomic E-state index is 0.0246. The van der Waals surface area contributed by atoms with Crippen molar-refractivity contribution in [3.05, 3.63) is 35.1 Å². The highest BCUT2D eigenvalue weighted by Gasteiger charge is 2.22. The fourth-order valence-electron chi connectivity index (χ4n) is 2.09. The number of hydrogen-bond acceptors (Lipinski definition) is 5. The second-order valence-electron chi connectivity index (χ2n) is 5.14. The number of carboxylic acids is 1. The van der Waals surface area contributed by atoms with Crippen molar-refractivity contribution >= 4 is 29.3 Å². The summed E-state index contributed by atoms with van der Waals surface area (Å²) in [6, 6.07) is 7.28. The van der Waals surface area contributed by atoms with Crippen LogP contribution in [0.1, 0.15) is 32.7 Å². The van der Waals surface area contributed by atoms with Crippen LogP contribution in [-0.4, -0.2) is 37.7 Å². The molecule has 0 saturated heterocycles. The highest BCUT2D eigenvalue weighted by Crippen LogP contribution is 2.30. The van der Waals surface area contributed by atoms with Gasteiger partial charge in [-0.05, 0) is 32.9 Å². The second kappa shape index (κ2) is 7.81. The fraction of sp³-hybridized carbons (Fsp3) is 0.400. The number of benzene rings is 1. The molecule has 2 rings (SSSR count). The highest BCUT2D eigenvalue weighted by atomic mass is 35.5. The summed E-state index contributed by atoms with van der Waals surface area (Å²) in [5, 5.41) is 18.2. The third-order valence-electron chi connectivity index (χ3n) is 2.92. The first-order chi connectivity index (χ1) is 10.9. The molecule has 0 radical (unpaired) electrons. The van der Waals surface area contributed by atoms with Gasteiger partial charge < -0.3 is 9.84 Å². The maximum absolute atomic E-state index is 10.8. The summed E-state index contributed by atoms with van der Waals surface area (Å²) < 4.78 is 7.54. The van der Waals surface area contributed by atoms with Crippen molar-refractivity contribution in [2.24, 2.45) is 0 Å². The van der Waals surface area contributed by atoms with Crippen LogP contribution in [0.4, 0.5) is 0 Å². The Morgan fingerprint density at radius 1 is 1.35 bits per heavy atom. The van der Waals surface area contributed by atoms with E-state index in [1.807, 2.05) is 39.0 Å². The van der Waals surface area contributed by atoms with Gasteiger partial charge in [0.1, 0.15) is 6.10 Å². The number of ether oxygens (including phenoxy) is 1. The average molecular weight is 356 g/mol. The molecule has 1 atom stereocenters. The van der Waals surface area contributed by atoms with E-state index < -0.39 is 5.97 Å². The summed E-state index contributed by atoms with van der Waals surface area (Å²) in [5.41, 5.74) is 0.696. The quantitative estimate of drug-likeness (QED) is 0.765. The lowest BCUT2D eigenvalue weighted by atomic mass is 10.3. The molecule has 8 heteroatoms. The van der Waals surface area contributed by atoms with Gasteiger partial charge in [-0.3, -0.25) is 9.36 Å². The molecule has 0 fully saturated rings. The number of carbonyl (C=O) groups is 1. The van der Waals surface area contributed by atoms with Crippen molar-refractivity contribution < 1.29 is 14.6 Å². The standard InChI is InChI=1S/C15H18ClN3O3S/c1-9(2)22-10(3)14-17-18-15(23-8-13(20)21)19(14)12-7-5-4-6-11(12)16/h4-7,9-10H,8H2,1-3H3,(H,20,21)/t10-/m0/s1. The zero-order valence-electron chi connectivity index (χ0n) is 13.1. The summed E-state index contributed by atoms with van der Waals surface area (Å²) in [7, 11) is 0. The molecule has 0 aliphatic carbocycles. The lowest BCUT2D eigenvalue weighted by molar-refractivity contribution is -0.133. The molecule has 2 aromatic rings. The number of para-hydroxylation sites is 1. The van der Waals surface area contributed by atoms with Gasteiger partial charge >= 0.3 is 5.97 Å². The van der Waals surface area contributed by atoms with Crippen LogP contribution in [0.2, 0.25) is 5.02 Å². The minimum atomic E-state index is -0.920. The van der Waals surface area contributed by atoms with E-state index in [0.29, 0.717) is 21.7 Å². The number of halogens is 1. The van der Waals surface area contributed by atoms with Crippen LogP contribution in [0.5, 0.6) is 0 Å². The van der Waals surface area contributed by atoms with Gasteiger partial charge in [0.15, 0.2) is 11.0 Å². The number of rotatable bonds is 7. The molecule has 0 aliphatic heterocycles. The number of carboxylic acid groups (broad SMARTS) is 1. The predicted octanol–water partition coefficient (Wildman–Crippen LogP) is 3.58. The van der Waals surface area contributed by atoms with Crippen LogP contribution in [-0.2, 0) is 9.53 Å². The van der Waals surface area contributed by atoms with Crippen LogP contribution >= 0.6 is 23.4 Å². The maximum Gasteiger partial charge on any atom is 0.313 e. The molecular formula is C15H18ClN3O3S. The van der Waals surface area contributed by atoms with Gasteiger partial charge in [0.05, 0.1) is 22.6 Å². The summed E-state index contributed by atoms with van der Waals surface area (Å²) in [5.74, 6) is -0.446. The Bertz CT molecular complexity index is 690. The molecule has 1 aromatic heterocycles. The lowest BCUT2D eigenvalue weighted by Crippen LogP contribution is -2.13. The van der Waals surface area contributed by atoms with E-state index in [1.165, 1.54) is 0 Å². The predicted molar refractivity (Wildman–Crippen MR) is 89.4 cm³/mol. The number of hydrogen-bond donors (Lipinski definition) is 1. The van der Waals surface area contributed by atoms with Crippen LogP contribution in [0.15, 0.2) is 29.4 Å². The highest BCUT2D eigenvalue weighted by molar-refractivity contribution is 7.99. The van der Waals surface area contributed by atoms with Crippen LogP contribution < -0.4 is 0 Å². The van der Waals surface area contributed by atoms with Gasteiger partial charge in [-0.25, -0.2) is 0 Å². The van der Waals surface area contributed by atoms with E-state index >= 15 is 0 Å². The largest absolute Gasteiger partial charge is 0.481 e.